The van der Waals surface area contributed by atoms with Gasteiger partial charge in [0.2, 0.25) is 0 Å². The fraction of sp³-hybridized carbons (Fsp3) is 0.917. The van der Waals surface area contributed by atoms with Crippen molar-refractivity contribution in [1.29, 1.82) is 0 Å². The zero-order chi connectivity index (χ0) is 14.2. The maximum atomic E-state index is 10.8. The van der Waals surface area contributed by atoms with Gasteiger partial charge in [-0.1, -0.05) is 0 Å². The van der Waals surface area contributed by atoms with Crippen LogP contribution in [0.5, 0.6) is 0 Å². The van der Waals surface area contributed by atoms with E-state index in [1.807, 2.05) is 0 Å². The number of ketones is 1. The monoisotopic (exact) mass is 280 g/mol. The van der Waals surface area contributed by atoms with Crippen LogP contribution in [0.1, 0.15) is 39.0 Å². The molecule has 0 aromatic carbocycles. The van der Waals surface area contributed by atoms with E-state index in [0.29, 0.717) is 12.8 Å². The van der Waals surface area contributed by atoms with E-state index in [0.717, 1.165) is 36.8 Å². The summed E-state index contributed by atoms with van der Waals surface area (Å²) in [5, 5.41) is 0. The molecule has 5 nitrogen and oxygen atoms in total. The van der Waals surface area contributed by atoms with Crippen molar-refractivity contribution >= 4 is 15.9 Å². The van der Waals surface area contributed by atoms with Crippen molar-refractivity contribution in [2.24, 2.45) is 0 Å². The van der Waals surface area contributed by atoms with Crippen LogP contribution in [0.4, 0.5) is 0 Å². The largest absolute Gasteiger partial charge is 0.328 e. The van der Waals surface area contributed by atoms with Gasteiger partial charge in [0, 0.05) is 6.42 Å². The summed E-state index contributed by atoms with van der Waals surface area (Å²) >= 11 is 0. The molecule has 108 valence electrons. The molecule has 0 radical (unpaired) electrons. The number of hydrogen-bond acceptors (Lipinski definition) is 3. The molecule has 0 fully saturated rings. The third-order valence-electron chi connectivity index (χ3n) is 2.96. The minimum atomic E-state index is -3.82. The van der Waals surface area contributed by atoms with Crippen LogP contribution in [0, 0.1) is 0 Å². The summed E-state index contributed by atoms with van der Waals surface area (Å²) < 4.78 is 30.5. The number of hydrogen-bond donors (Lipinski definition) is 1. The Balaban J connectivity index is 3.70. The topological polar surface area (TPSA) is 71.4 Å². The van der Waals surface area contributed by atoms with Gasteiger partial charge in [-0.25, -0.2) is 0 Å². The Morgan fingerprint density at radius 1 is 1.06 bits per heavy atom. The second-order valence-corrected chi connectivity index (χ2v) is 7.11. The lowest BCUT2D eigenvalue weighted by Crippen LogP contribution is -2.41. The van der Waals surface area contributed by atoms with Crippen LogP contribution in [0.2, 0.25) is 0 Å². The lowest BCUT2D eigenvalue weighted by Gasteiger charge is -2.29. The molecule has 0 aromatic heterocycles. The second-order valence-electron chi connectivity index (χ2n) is 5.54. The van der Waals surface area contributed by atoms with Crippen molar-refractivity contribution in [2.45, 2.75) is 39.0 Å². The molecule has 0 heterocycles. The zero-order valence-electron chi connectivity index (χ0n) is 11.7. The van der Waals surface area contributed by atoms with Gasteiger partial charge < -0.3 is 9.28 Å². The standard InChI is InChI=1S/C12H25NO4S/c1-12(14)8-4-5-9-13(2,3)10-6-7-11-18(15,16)17/h4-11H2,1-3H3/p+1. The first-order chi connectivity index (χ1) is 8.12. The van der Waals surface area contributed by atoms with Crippen molar-refractivity contribution in [3.05, 3.63) is 0 Å². The Hall–Kier alpha value is -0.460. The average molecular weight is 280 g/mol. The van der Waals surface area contributed by atoms with E-state index >= 15 is 0 Å². The molecule has 0 unspecified atom stereocenters. The molecule has 0 atom stereocenters. The normalized spacial score (nSPS) is 12.7. The number of quaternary nitrogens is 1. The molecule has 0 saturated heterocycles. The smallest absolute Gasteiger partial charge is 0.264 e. The predicted molar refractivity (Wildman–Crippen MR) is 72.0 cm³/mol. The molecule has 0 amide bonds. The highest BCUT2D eigenvalue weighted by atomic mass is 32.2. The summed E-state index contributed by atoms with van der Waals surface area (Å²) in [7, 11) is 0.380. The molecule has 6 heteroatoms. The SMILES string of the molecule is CC(=O)CCCC[N+](C)(C)CCCCS(=O)(=O)O. The molecular weight excluding hydrogens is 254 g/mol. The minimum absolute atomic E-state index is 0.155. The highest BCUT2D eigenvalue weighted by Gasteiger charge is 2.14. The lowest BCUT2D eigenvalue weighted by molar-refractivity contribution is -0.890. The molecule has 0 rings (SSSR count). The van der Waals surface area contributed by atoms with Crippen LogP contribution in [-0.4, -0.2) is 56.2 Å². The Kier molecular flexibility index (Phi) is 7.66. The maximum absolute atomic E-state index is 10.8. The van der Waals surface area contributed by atoms with E-state index in [4.69, 9.17) is 4.55 Å². The number of unbranched alkanes of at least 4 members (excludes halogenated alkanes) is 2. The Bertz CT molecular complexity index is 349. The summed E-state index contributed by atoms with van der Waals surface area (Å²) in [5.74, 6) is 0.0746. The number of Topliss-reactive ketones (excluding diaryl/α,β-unsaturated/α-hetero) is 1. The zero-order valence-corrected chi connectivity index (χ0v) is 12.5. The Morgan fingerprint density at radius 3 is 2.00 bits per heavy atom. The minimum Gasteiger partial charge on any atom is -0.328 e. The number of rotatable bonds is 10. The molecule has 0 aliphatic carbocycles. The summed E-state index contributed by atoms with van der Waals surface area (Å²) in [6.07, 6.45) is 3.84. The van der Waals surface area contributed by atoms with Gasteiger partial charge in [0.1, 0.15) is 5.78 Å². The number of carbonyl (C=O) groups excluding carboxylic acids is 1. The Labute approximate surface area is 111 Å². The third-order valence-corrected chi connectivity index (χ3v) is 3.76. The van der Waals surface area contributed by atoms with Crippen molar-refractivity contribution < 1.29 is 22.2 Å². The maximum Gasteiger partial charge on any atom is 0.264 e. The Morgan fingerprint density at radius 2 is 1.56 bits per heavy atom. The van der Waals surface area contributed by atoms with E-state index in [-0.39, 0.29) is 11.5 Å². The van der Waals surface area contributed by atoms with Gasteiger partial charge in [-0.2, -0.15) is 8.42 Å². The van der Waals surface area contributed by atoms with Gasteiger partial charge in [-0.05, 0) is 32.6 Å². The van der Waals surface area contributed by atoms with Crippen molar-refractivity contribution in [2.75, 3.05) is 32.9 Å². The molecule has 18 heavy (non-hydrogen) atoms. The van der Waals surface area contributed by atoms with Crippen LogP contribution in [0.3, 0.4) is 0 Å². The van der Waals surface area contributed by atoms with Crippen molar-refractivity contribution in [1.82, 2.24) is 0 Å². The first-order valence-corrected chi connectivity index (χ1v) is 8.00. The molecule has 0 spiro atoms. The van der Waals surface area contributed by atoms with Gasteiger partial charge in [0.25, 0.3) is 10.1 Å². The quantitative estimate of drug-likeness (QED) is 0.374. The van der Waals surface area contributed by atoms with E-state index in [9.17, 15) is 13.2 Å². The van der Waals surface area contributed by atoms with Crippen molar-refractivity contribution in [3.8, 4) is 0 Å². The van der Waals surface area contributed by atoms with Gasteiger partial charge in [0.15, 0.2) is 0 Å². The highest BCUT2D eigenvalue weighted by Crippen LogP contribution is 2.07. The number of nitrogens with zero attached hydrogens (tertiary/aromatic N) is 1. The van der Waals surface area contributed by atoms with Crippen LogP contribution in [-0.2, 0) is 14.9 Å². The fourth-order valence-electron chi connectivity index (χ4n) is 1.85. The van der Waals surface area contributed by atoms with Gasteiger partial charge >= 0.3 is 0 Å². The number of carbonyl (C=O) groups is 1. The highest BCUT2D eigenvalue weighted by molar-refractivity contribution is 7.85. The van der Waals surface area contributed by atoms with Gasteiger partial charge in [0.05, 0.1) is 32.9 Å². The molecule has 0 aromatic rings. The third kappa shape index (κ3) is 12.0. The van der Waals surface area contributed by atoms with Gasteiger partial charge in [-0.3, -0.25) is 4.55 Å². The van der Waals surface area contributed by atoms with Crippen molar-refractivity contribution in [3.63, 3.8) is 0 Å². The van der Waals surface area contributed by atoms with E-state index in [2.05, 4.69) is 14.1 Å². The van der Waals surface area contributed by atoms with E-state index < -0.39 is 10.1 Å². The molecular formula is C12H26NO4S+. The molecule has 0 bridgehead atoms. The van der Waals surface area contributed by atoms with E-state index in [1.54, 1.807) is 6.92 Å². The van der Waals surface area contributed by atoms with E-state index in [1.165, 1.54) is 0 Å². The van der Waals surface area contributed by atoms with Crippen LogP contribution in [0.15, 0.2) is 0 Å². The molecule has 0 aliphatic rings. The first kappa shape index (κ1) is 17.5. The van der Waals surface area contributed by atoms with Crippen LogP contribution in [0.25, 0.3) is 0 Å². The second kappa shape index (κ2) is 7.86. The summed E-state index contributed by atoms with van der Waals surface area (Å²) in [4.78, 5) is 10.8. The average Bonchev–Trinajstić information content (AvgIpc) is 2.18. The summed E-state index contributed by atoms with van der Waals surface area (Å²) in [6.45, 7) is 3.48. The summed E-state index contributed by atoms with van der Waals surface area (Å²) in [6, 6.07) is 0. The molecule has 0 saturated carbocycles. The fourth-order valence-corrected chi connectivity index (χ4v) is 2.42. The summed E-state index contributed by atoms with van der Waals surface area (Å²) in [5.41, 5.74) is 0. The van der Waals surface area contributed by atoms with Crippen LogP contribution < -0.4 is 0 Å². The predicted octanol–water partition coefficient (Wildman–Crippen LogP) is 1.49. The van der Waals surface area contributed by atoms with Gasteiger partial charge in [-0.15, -0.1) is 0 Å². The van der Waals surface area contributed by atoms with Crippen LogP contribution >= 0.6 is 0 Å². The lowest BCUT2D eigenvalue weighted by atomic mass is 10.1. The molecule has 0 aliphatic heterocycles. The first-order valence-electron chi connectivity index (χ1n) is 6.39. The molecule has 1 N–H and O–H groups in total.